The fraction of sp³-hybridized carbons (Fsp3) is 0.0769. The molecule has 0 atom stereocenters. The Balaban J connectivity index is 2.44. The number of nitrogens with zero attached hydrogens (tertiary/aromatic N) is 1. The lowest BCUT2D eigenvalue weighted by atomic mass is 10.1. The molecule has 0 saturated heterocycles. The molecule has 0 radical (unpaired) electrons. The molecule has 6 heteroatoms. The van der Waals surface area contributed by atoms with Crippen LogP contribution in [0.25, 0.3) is 0 Å². The van der Waals surface area contributed by atoms with Crippen LogP contribution in [-0.2, 0) is 0 Å². The number of aryl methyl sites for hydroxylation is 1. The first kappa shape index (κ1) is 14.1. The van der Waals surface area contributed by atoms with Crippen molar-refractivity contribution in [2.75, 3.05) is 0 Å². The van der Waals surface area contributed by atoms with Crippen molar-refractivity contribution in [1.82, 2.24) is 4.98 Å². The number of halogens is 2. The highest BCUT2D eigenvalue weighted by Gasteiger charge is 2.13. The third kappa shape index (κ3) is 3.15. The SMILES string of the molecule is Cc1ccnc(Oc2ccc(Cl)cc2Cl)c1C(N)=S. The van der Waals surface area contributed by atoms with E-state index in [1.165, 1.54) is 0 Å². The maximum absolute atomic E-state index is 6.05. The zero-order chi connectivity index (χ0) is 14.0. The highest BCUT2D eigenvalue weighted by Crippen LogP contribution is 2.32. The van der Waals surface area contributed by atoms with E-state index >= 15 is 0 Å². The van der Waals surface area contributed by atoms with Crippen LogP contribution in [0.2, 0.25) is 10.0 Å². The van der Waals surface area contributed by atoms with Gasteiger partial charge < -0.3 is 10.5 Å². The quantitative estimate of drug-likeness (QED) is 0.866. The molecule has 0 fully saturated rings. The minimum atomic E-state index is 0.227. The minimum Gasteiger partial charge on any atom is -0.437 e. The zero-order valence-electron chi connectivity index (χ0n) is 9.98. The van der Waals surface area contributed by atoms with Gasteiger partial charge >= 0.3 is 0 Å². The Hall–Kier alpha value is -1.36. The van der Waals surface area contributed by atoms with Crippen molar-refractivity contribution in [3.05, 3.63) is 51.6 Å². The Kier molecular flexibility index (Phi) is 4.24. The minimum absolute atomic E-state index is 0.227. The highest BCUT2D eigenvalue weighted by atomic mass is 35.5. The normalized spacial score (nSPS) is 10.3. The van der Waals surface area contributed by atoms with Crippen molar-refractivity contribution in [3.8, 4) is 11.6 Å². The van der Waals surface area contributed by atoms with Gasteiger partial charge in [-0.2, -0.15) is 0 Å². The Morgan fingerprint density at radius 3 is 2.68 bits per heavy atom. The van der Waals surface area contributed by atoms with Gasteiger partial charge in [-0.05, 0) is 36.8 Å². The summed E-state index contributed by atoms with van der Waals surface area (Å²) in [5.41, 5.74) is 7.18. The third-order valence-electron chi connectivity index (χ3n) is 2.47. The summed E-state index contributed by atoms with van der Waals surface area (Å²) in [7, 11) is 0. The Bertz CT molecular complexity index is 647. The first-order valence-corrected chi connectivity index (χ1v) is 6.54. The summed E-state index contributed by atoms with van der Waals surface area (Å²) in [4.78, 5) is 4.37. The molecule has 1 aromatic heterocycles. The molecular weight excluding hydrogens is 303 g/mol. The Morgan fingerprint density at radius 1 is 1.32 bits per heavy atom. The molecule has 0 amide bonds. The van der Waals surface area contributed by atoms with E-state index in [1.54, 1.807) is 24.4 Å². The first-order chi connectivity index (χ1) is 8.99. The molecule has 3 nitrogen and oxygen atoms in total. The van der Waals surface area contributed by atoms with Crippen molar-refractivity contribution in [2.24, 2.45) is 5.73 Å². The number of benzene rings is 1. The van der Waals surface area contributed by atoms with Gasteiger partial charge in [0.15, 0.2) is 0 Å². The maximum atomic E-state index is 6.05. The summed E-state index contributed by atoms with van der Waals surface area (Å²) >= 11 is 16.9. The van der Waals surface area contributed by atoms with E-state index in [4.69, 9.17) is 45.9 Å². The van der Waals surface area contributed by atoms with E-state index in [9.17, 15) is 0 Å². The van der Waals surface area contributed by atoms with Crippen LogP contribution in [0.4, 0.5) is 0 Å². The number of ether oxygens (including phenoxy) is 1. The highest BCUT2D eigenvalue weighted by molar-refractivity contribution is 7.80. The second kappa shape index (κ2) is 5.74. The molecule has 2 N–H and O–H groups in total. The van der Waals surface area contributed by atoms with Crippen molar-refractivity contribution in [1.29, 1.82) is 0 Å². The standard InChI is InChI=1S/C13H10Cl2N2OS/c1-7-4-5-17-13(11(7)12(16)19)18-10-3-2-8(14)6-9(10)15/h2-6H,1H3,(H2,16,19). The molecule has 0 saturated carbocycles. The van der Waals surface area contributed by atoms with Crippen LogP contribution in [0.1, 0.15) is 11.1 Å². The van der Waals surface area contributed by atoms with Crippen LogP contribution in [0.15, 0.2) is 30.5 Å². The molecule has 2 rings (SSSR count). The number of thiocarbonyl (C=S) groups is 1. The van der Waals surface area contributed by atoms with Crippen LogP contribution in [0.3, 0.4) is 0 Å². The summed E-state index contributed by atoms with van der Waals surface area (Å²) in [6.07, 6.45) is 1.62. The molecule has 19 heavy (non-hydrogen) atoms. The molecule has 0 spiro atoms. The maximum Gasteiger partial charge on any atom is 0.229 e. The molecule has 0 aliphatic rings. The molecule has 0 aliphatic carbocycles. The lowest BCUT2D eigenvalue weighted by molar-refractivity contribution is 0.461. The van der Waals surface area contributed by atoms with Gasteiger partial charge in [-0.15, -0.1) is 0 Å². The average Bonchev–Trinajstić information content (AvgIpc) is 2.32. The van der Waals surface area contributed by atoms with Crippen molar-refractivity contribution in [3.63, 3.8) is 0 Å². The van der Waals surface area contributed by atoms with Crippen molar-refractivity contribution >= 4 is 40.4 Å². The van der Waals surface area contributed by atoms with Crippen LogP contribution in [-0.4, -0.2) is 9.97 Å². The zero-order valence-corrected chi connectivity index (χ0v) is 12.3. The monoisotopic (exact) mass is 312 g/mol. The number of hydrogen-bond acceptors (Lipinski definition) is 3. The van der Waals surface area contributed by atoms with E-state index in [0.717, 1.165) is 5.56 Å². The predicted molar refractivity (Wildman–Crippen MR) is 81.4 cm³/mol. The molecular formula is C13H10Cl2N2OS. The molecule has 2 aromatic rings. The summed E-state index contributed by atoms with van der Waals surface area (Å²) in [6.45, 7) is 1.88. The number of rotatable bonds is 3. The van der Waals surface area contributed by atoms with Gasteiger partial charge in [-0.25, -0.2) is 4.98 Å². The van der Waals surface area contributed by atoms with Gasteiger partial charge in [-0.3, -0.25) is 0 Å². The van der Waals surface area contributed by atoms with E-state index < -0.39 is 0 Å². The summed E-state index contributed by atoms with van der Waals surface area (Å²) < 4.78 is 5.67. The van der Waals surface area contributed by atoms with E-state index in [1.807, 2.05) is 13.0 Å². The Morgan fingerprint density at radius 2 is 2.05 bits per heavy atom. The predicted octanol–water partition coefficient (Wildman–Crippen LogP) is 4.12. The van der Waals surface area contributed by atoms with Crippen molar-refractivity contribution < 1.29 is 4.74 Å². The lowest BCUT2D eigenvalue weighted by Gasteiger charge is -2.12. The fourth-order valence-electron chi connectivity index (χ4n) is 1.57. The van der Waals surface area contributed by atoms with Gasteiger partial charge in [0.2, 0.25) is 5.88 Å². The molecule has 1 aromatic carbocycles. The summed E-state index contributed by atoms with van der Waals surface area (Å²) in [5.74, 6) is 0.776. The molecule has 0 aliphatic heterocycles. The van der Waals surface area contributed by atoms with Crippen LogP contribution in [0.5, 0.6) is 11.6 Å². The van der Waals surface area contributed by atoms with Gasteiger partial charge in [0.25, 0.3) is 0 Å². The second-order valence-corrected chi connectivity index (χ2v) is 5.13. The third-order valence-corrected chi connectivity index (χ3v) is 3.21. The van der Waals surface area contributed by atoms with Crippen molar-refractivity contribution in [2.45, 2.75) is 6.92 Å². The molecule has 0 bridgehead atoms. The van der Waals surface area contributed by atoms with Gasteiger partial charge in [0.05, 0.1) is 10.6 Å². The molecule has 0 unspecified atom stereocenters. The lowest BCUT2D eigenvalue weighted by Crippen LogP contribution is -2.13. The number of aromatic nitrogens is 1. The van der Waals surface area contributed by atoms with Gasteiger partial charge in [0.1, 0.15) is 10.7 Å². The fourth-order valence-corrected chi connectivity index (χ4v) is 2.27. The smallest absolute Gasteiger partial charge is 0.229 e. The van der Waals surface area contributed by atoms with E-state index in [0.29, 0.717) is 27.2 Å². The van der Waals surface area contributed by atoms with Gasteiger partial charge in [-0.1, -0.05) is 35.4 Å². The van der Waals surface area contributed by atoms with Crippen LogP contribution >= 0.6 is 35.4 Å². The number of nitrogens with two attached hydrogens (primary N) is 1. The number of pyridine rings is 1. The van der Waals surface area contributed by atoms with Gasteiger partial charge in [0, 0.05) is 11.2 Å². The topological polar surface area (TPSA) is 48.1 Å². The molecule has 98 valence electrons. The average molecular weight is 313 g/mol. The second-order valence-electron chi connectivity index (χ2n) is 3.85. The van der Waals surface area contributed by atoms with E-state index in [2.05, 4.69) is 4.98 Å². The summed E-state index contributed by atoms with van der Waals surface area (Å²) in [6, 6.07) is 6.75. The van der Waals surface area contributed by atoms with E-state index in [-0.39, 0.29) is 4.99 Å². The largest absolute Gasteiger partial charge is 0.437 e. The molecule has 1 heterocycles. The first-order valence-electron chi connectivity index (χ1n) is 5.37. The number of hydrogen-bond donors (Lipinski definition) is 1. The van der Waals surface area contributed by atoms with Crippen LogP contribution in [0, 0.1) is 6.92 Å². The summed E-state index contributed by atoms with van der Waals surface area (Å²) in [5, 5.41) is 0.925. The Labute approximate surface area is 126 Å². The van der Waals surface area contributed by atoms with Crippen LogP contribution < -0.4 is 10.5 Å².